The number of anilines is 3. The van der Waals surface area contributed by atoms with Gasteiger partial charge in [-0.3, -0.25) is 9.59 Å². The minimum atomic E-state index is -3.87. The summed E-state index contributed by atoms with van der Waals surface area (Å²) in [5.41, 5.74) is 0.877. The van der Waals surface area contributed by atoms with Crippen molar-refractivity contribution < 1.29 is 18.0 Å². The number of rotatable bonds is 4. The molecule has 0 saturated carbocycles. The van der Waals surface area contributed by atoms with Gasteiger partial charge in [0, 0.05) is 30.0 Å². The Morgan fingerprint density at radius 3 is 2.29 bits per heavy atom. The van der Waals surface area contributed by atoms with E-state index in [1.165, 1.54) is 31.0 Å². The number of carbonyl (C=O) groups is 2. The lowest BCUT2D eigenvalue weighted by Gasteiger charge is -2.19. The average molecular weight is 462 g/mol. The summed E-state index contributed by atoms with van der Waals surface area (Å²) in [6.45, 7) is 5.22. The molecular formula is C22H24ClN3O4S. The first-order valence-electron chi connectivity index (χ1n) is 10.1. The molecule has 0 radical (unpaired) electrons. The Bertz CT molecular complexity index is 1140. The largest absolute Gasteiger partial charge is 0.372 e. The standard InChI is InChI=1S/C22H24ClN3O4S/c1-22(2)14-31(29,30)26(21(22)28)19-13-15(5-10-18(19)23)20(27)24-16-6-8-17(9-7-16)25-11-3-4-12-25/h5-10,13H,3-4,11-12,14H2,1-2H3,(H,24,27). The van der Waals surface area contributed by atoms with Crippen LogP contribution in [0.2, 0.25) is 5.02 Å². The Kier molecular flexibility index (Phi) is 5.47. The monoisotopic (exact) mass is 461 g/mol. The second-order valence-electron chi connectivity index (χ2n) is 8.57. The number of amides is 2. The van der Waals surface area contributed by atoms with Gasteiger partial charge in [0.05, 0.1) is 21.9 Å². The zero-order valence-electron chi connectivity index (χ0n) is 17.4. The Balaban J connectivity index is 1.57. The zero-order valence-corrected chi connectivity index (χ0v) is 19.0. The van der Waals surface area contributed by atoms with Crippen molar-refractivity contribution in [3.05, 3.63) is 53.1 Å². The van der Waals surface area contributed by atoms with Crippen LogP contribution < -0.4 is 14.5 Å². The number of hydrogen-bond donors (Lipinski definition) is 1. The minimum absolute atomic E-state index is 0.00530. The van der Waals surface area contributed by atoms with Gasteiger partial charge in [0.1, 0.15) is 0 Å². The molecule has 164 valence electrons. The third-order valence-corrected chi connectivity index (χ3v) is 7.93. The number of benzene rings is 2. The van der Waals surface area contributed by atoms with E-state index in [9.17, 15) is 18.0 Å². The summed E-state index contributed by atoms with van der Waals surface area (Å²) in [6.07, 6.45) is 2.37. The maximum absolute atomic E-state index is 12.8. The van der Waals surface area contributed by atoms with Gasteiger partial charge in [-0.15, -0.1) is 0 Å². The number of nitrogens with zero attached hydrogens (tertiary/aromatic N) is 2. The molecule has 2 amide bonds. The summed E-state index contributed by atoms with van der Waals surface area (Å²) in [4.78, 5) is 27.8. The molecule has 2 aliphatic heterocycles. The number of hydrogen-bond acceptors (Lipinski definition) is 5. The van der Waals surface area contributed by atoms with Crippen molar-refractivity contribution in [1.29, 1.82) is 0 Å². The highest BCUT2D eigenvalue weighted by atomic mass is 35.5. The molecule has 0 atom stereocenters. The SMILES string of the molecule is CC1(C)CS(=O)(=O)N(c2cc(C(=O)Nc3ccc(N4CCCC4)cc3)ccc2Cl)C1=O. The first-order chi connectivity index (χ1) is 14.6. The van der Waals surface area contributed by atoms with Crippen LogP contribution in [0.15, 0.2) is 42.5 Å². The van der Waals surface area contributed by atoms with Gasteiger partial charge in [-0.1, -0.05) is 11.6 Å². The molecule has 0 aliphatic carbocycles. The summed E-state index contributed by atoms with van der Waals surface area (Å²) in [6, 6.07) is 11.9. The van der Waals surface area contributed by atoms with Crippen LogP contribution in [0.4, 0.5) is 17.1 Å². The Morgan fingerprint density at radius 2 is 1.71 bits per heavy atom. The van der Waals surface area contributed by atoms with Crippen LogP contribution in [-0.2, 0) is 14.8 Å². The predicted octanol–water partition coefficient (Wildman–Crippen LogP) is 3.90. The molecule has 0 unspecified atom stereocenters. The lowest BCUT2D eigenvalue weighted by molar-refractivity contribution is -0.123. The summed E-state index contributed by atoms with van der Waals surface area (Å²) in [7, 11) is -3.87. The number of halogens is 1. The predicted molar refractivity (Wildman–Crippen MR) is 122 cm³/mol. The molecule has 2 aromatic rings. The first-order valence-corrected chi connectivity index (χ1v) is 12.1. The third-order valence-electron chi connectivity index (χ3n) is 5.61. The van der Waals surface area contributed by atoms with E-state index in [1.807, 2.05) is 24.3 Å². The van der Waals surface area contributed by atoms with E-state index in [0.29, 0.717) is 5.69 Å². The van der Waals surface area contributed by atoms with Gasteiger partial charge >= 0.3 is 0 Å². The second kappa shape index (κ2) is 7.84. The summed E-state index contributed by atoms with van der Waals surface area (Å²) < 4.78 is 25.9. The molecule has 0 spiro atoms. The normalized spacial score (nSPS) is 19.6. The molecular weight excluding hydrogens is 438 g/mol. The van der Waals surface area contributed by atoms with Crippen molar-refractivity contribution in [2.24, 2.45) is 5.41 Å². The van der Waals surface area contributed by atoms with Gasteiger partial charge in [-0.25, -0.2) is 12.7 Å². The van der Waals surface area contributed by atoms with Gasteiger partial charge in [-0.2, -0.15) is 0 Å². The fraction of sp³-hybridized carbons (Fsp3) is 0.364. The van der Waals surface area contributed by atoms with Gasteiger partial charge in [0.25, 0.3) is 5.91 Å². The fourth-order valence-corrected chi connectivity index (χ4v) is 6.35. The summed E-state index contributed by atoms with van der Waals surface area (Å²) in [5.74, 6) is -1.30. The molecule has 4 rings (SSSR count). The van der Waals surface area contributed by atoms with Crippen LogP contribution >= 0.6 is 11.6 Å². The van der Waals surface area contributed by atoms with Crippen molar-refractivity contribution in [2.45, 2.75) is 26.7 Å². The van der Waals surface area contributed by atoms with Gasteiger partial charge in [0.2, 0.25) is 15.9 Å². The van der Waals surface area contributed by atoms with E-state index in [0.717, 1.165) is 23.1 Å². The third kappa shape index (κ3) is 4.14. The highest BCUT2D eigenvalue weighted by Crippen LogP contribution is 2.39. The molecule has 0 aromatic heterocycles. The second-order valence-corrected chi connectivity index (χ2v) is 10.8. The highest BCUT2D eigenvalue weighted by Gasteiger charge is 2.50. The molecule has 2 aliphatic rings. The maximum Gasteiger partial charge on any atom is 0.255 e. The molecule has 2 fully saturated rings. The van der Waals surface area contributed by atoms with E-state index in [4.69, 9.17) is 11.6 Å². The molecule has 9 heteroatoms. The van der Waals surface area contributed by atoms with Crippen molar-refractivity contribution in [2.75, 3.05) is 33.4 Å². The van der Waals surface area contributed by atoms with E-state index < -0.39 is 27.3 Å². The first kappa shape index (κ1) is 21.6. The lowest BCUT2D eigenvalue weighted by Crippen LogP contribution is -2.33. The molecule has 2 aromatic carbocycles. The number of nitrogens with one attached hydrogen (secondary N) is 1. The van der Waals surface area contributed by atoms with Crippen molar-refractivity contribution in [3.63, 3.8) is 0 Å². The Hall–Kier alpha value is -2.58. The van der Waals surface area contributed by atoms with E-state index in [2.05, 4.69) is 10.2 Å². The topological polar surface area (TPSA) is 86.8 Å². The maximum atomic E-state index is 12.8. The van der Waals surface area contributed by atoms with Crippen LogP contribution in [0.5, 0.6) is 0 Å². The minimum Gasteiger partial charge on any atom is -0.372 e. The Labute approximate surface area is 187 Å². The van der Waals surface area contributed by atoms with Crippen LogP contribution in [0.25, 0.3) is 0 Å². The van der Waals surface area contributed by atoms with Gasteiger partial charge in [0.15, 0.2) is 0 Å². The molecule has 2 saturated heterocycles. The molecule has 7 nitrogen and oxygen atoms in total. The van der Waals surface area contributed by atoms with E-state index in [1.54, 1.807) is 13.8 Å². The molecule has 31 heavy (non-hydrogen) atoms. The van der Waals surface area contributed by atoms with Crippen LogP contribution in [-0.4, -0.2) is 39.1 Å². The van der Waals surface area contributed by atoms with Crippen LogP contribution in [0, 0.1) is 5.41 Å². The van der Waals surface area contributed by atoms with E-state index >= 15 is 0 Å². The average Bonchev–Trinajstić information content (AvgIpc) is 3.28. The molecule has 1 N–H and O–H groups in total. The summed E-state index contributed by atoms with van der Waals surface area (Å²) in [5, 5.41) is 2.89. The zero-order chi connectivity index (χ0) is 22.4. The Morgan fingerprint density at radius 1 is 1.06 bits per heavy atom. The molecule has 0 bridgehead atoms. The van der Waals surface area contributed by atoms with Gasteiger partial charge in [-0.05, 0) is 69.2 Å². The van der Waals surface area contributed by atoms with Crippen LogP contribution in [0.1, 0.15) is 37.0 Å². The number of sulfonamides is 1. The van der Waals surface area contributed by atoms with Crippen molar-refractivity contribution >= 4 is 50.5 Å². The molecule has 2 heterocycles. The lowest BCUT2D eigenvalue weighted by atomic mass is 9.95. The van der Waals surface area contributed by atoms with E-state index in [-0.39, 0.29) is 22.0 Å². The number of carbonyl (C=O) groups excluding carboxylic acids is 2. The summed E-state index contributed by atoms with van der Waals surface area (Å²) >= 11 is 6.21. The fourth-order valence-electron chi connectivity index (χ4n) is 3.99. The van der Waals surface area contributed by atoms with Crippen molar-refractivity contribution in [3.8, 4) is 0 Å². The smallest absolute Gasteiger partial charge is 0.255 e. The van der Waals surface area contributed by atoms with Crippen molar-refractivity contribution in [1.82, 2.24) is 0 Å². The van der Waals surface area contributed by atoms with Crippen LogP contribution in [0.3, 0.4) is 0 Å². The highest BCUT2D eigenvalue weighted by molar-refractivity contribution is 7.94. The quantitative estimate of drug-likeness (QED) is 0.746. The van der Waals surface area contributed by atoms with Gasteiger partial charge < -0.3 is 10.2 Å².